The van der Waals surface area contributed by atoms with Crippen molar-refractivity contribution in [2.24, 2.45) is 0 Å². The van der Waals surface area contributed by atoms with Crippen molar-refractivity contribution >= 4 is 23.6 Å². The molecule has 0 spiro atoms. The van der Waals surface area contributed by atoms with Crippen LogP contribution >= 0.6 is 11.1 Å². The highest BCUT2D eigenvalue weighted by molar-refractivity contribution is 7.30. The van der Waals surface area contributed by atoms with E-state index in [1.807, 2.05) is 11.8 Å². The molecule has 0 radical (unpaired) electrons. The molecular weight excluding hydrogens is 208 g/mol. The van der Waals surface area contributed by atoms with Crippen LogP contribution in [0.3, 0.4) is 0 Å². The minimum Gasteiger partial charge on any atom is -0.155 e. The Balaban J connectivity index is 2.84. The molecule has 0 saturated heterocycles. The Labute approximate surface area is 92.3 Å². The molecule has 0 fully saturated rings. The summed E-state index contributed by atoms with van der Waals surface area (Å²) < 4.78 is 0. The third-order valence-electron chi connectivity index (χ3n) is 2.47. The molecule has 0 aliphatic heterocycles. The van der Waals surface area contributed by atoms with Gasteiger partial charge in [0.25, 0.3) is 0 Å². The van der Waals surface area contributed by atoms with E-state index in [0.29, 0.717) is 0 Å². The van der Waals surface area contributed by atoms with E-state index in [1.54, 1.807) is 0 Å². The molecule has 0 amide bonds. The van der Waals surface area contributed by atoms with Crippen LogP contribution in [0.4, 0.5) is 0 Å². The van der Waals surface area contributed by atoms with Crippen LogP contribution in [0.5, 0.6) is 0 Å². The van der Waals surface area contributed by atoms with E-state index in [4.69, 9.17) is 11.1 Å². The maximum atomic E-state index is 6.65. The zero-order chi connectivity index (χ0) is 10.4. The first-order valence-electron chi connectivity index (χ1n) is 5.11. The lowest BCUT2D eigenvalue weighted by molar-refractivity contribution is 0.876. The van der Waals surface area contributed by atoms with E-state index < -0.39 is 7.38 Å². The van der Waals surface area contributed by atoms with Crippen LogP contribution in [-0.2, 0) is 0 Å². The van der Waals surface area contributed by atoms with E-state index in [2.05, 4.69) is 37.8 Å². The summed E-state index contributed by atoms with van der Waals surface area (Å²) in [5.74, 6) is 0. The number of benzene rings is 1. The van der Waals surface area contributed by atoms with Gasteiger partial charge in [0.1, 0.15) is 0 Å². The van der Waals surface area contributed by atoms with E-state index in [-0.39, 0.29) is 0 Å². The van der Waals surface area contributed by atoms with E-state index in [0.717, 1.165) is 6.04 Å². The molecule has 0 aliphatic carbocycles. The summed E-state index contributed by atoms with van der Waals surface area (Å²) >= 11 is 6.65. The molecule has 0 saturated carbocycles. The molecule has 1 aromatic rings. The molecule has 0 nitrogen and oxygen atoms in total. The number of hydrogen-bond acceptors (Lipinski definition) is 0. The fourth-order valence-corrected chi connectivity index (χ4v) is 4.64. The van der Waals surface area contributed by atoms with E-state index >= 15 is 0 Å². The average molecular weight is 225 g/mol. The van der Waals surface area contributed by atoms with Crippen molar-refractivity contribution in [3.63, 3.8) is 0 Å². The molecular formula is C12H17ClSi. The monoisotopic (exact) mass is 224 g/mol. The molecule has 1 aromatic carbocycles. The maximum absolute atomic E-state index is 6.65. The number of unbranched alkanes of at least 4 members (excludes halogenated alkanes) is 1. The lowest BCUT2D eigenvalue weighted by atomic mass is 10.4. The van der Waals surface area contributed by atoms with Gasteiger partial charge in [-0.25, -0.2) is 0 Å². The van der Waals surface area contributed by atoms with Gasteiger partial charge < -0.3 is 0 Å². The second-order valence-corrected chi connectivity index (χ2v) is 8.77. The van der Waals surface area contributed by atoms with Crippen LogP contribution in [-0.4, -0.2) is 7.38 Å². The first kappa shape index (κ1) is 11.5. The van der Waals surface area contributed by atoms with Gasteiger partial charge in [0, 0.05) is 0 Å². The SMILES string of the molecule is C=C[Si](Cl)(CCCC)c1ccccc1. The molecule has 0 heterocycles. The Bertz CT molecular complexity index is 284. The van der Waals surface area contributed by atoms with Crippen LogP contribution in [0, 0.1) is 0 Å². The minimum absolute atomic E-state index is 1.10. The normalized spacial score (nSPS) is 14.7. The van der Waals surface area contributed by atoms with Crippen LogP contribution in [0.1, 0.15) is 19.8 Å². The van der Waals surface area contributed by atoms with E-state index in [1.165, 1.54) is 18.0 Å². The lowest BCUT2D eigenvalue weighted by Crippen LogP contribution is -2.40. The van der Waals surface area contributed by atoms with Crippen molar-refractivity contribution in [3.8, 4) is 0 Å². The standard InChI is InChI=1S/C12H17ClSi/c1-3-5-11-14(13,4-2)12-9-7-6-8-10-12/h4,6-10H,2-3,5,11H2,1H3. The van der Waals surface area contributed by atoms with Gasteiger partial charge in [0.15, 0.2) is 0 Å². The largest absolute Gasteiger partial charge is 0.209 e. The molecule has 0 bridgehead atoms. The summed E-state index contributed by atoms with van der Waals surface area (Å²) in [6.45, 7) is 6.09. The minimum atomic E-state index is -1.88. The topological polar surface area (TPSA) is 0 Å². The van der Waals surface area contributed by atoms with Gasteiger partial charge in [0.2, 0.25) is 7.38 Å². The Morgan fingerprint density at radius 1 is 1.36 bits per heavy atom. The number of rotatable bonds is 5. The van der Waals surface area contributed by atoms with Gasteiger partial charge in [-0.2, -0.15) is 11.1 Å². The summed E-state index contributed by atoms with van der Waals surface area (Å²) in [7, 11) is -1.88. The highest BCUT2D eigenvalue weighted by Crippen LogP contribution is 2.19. The first-order chi connectivity index (χ1) is 6.73. The molecule has 2 heteroatoms. The van der Waals surface area contributed by atoms with Crippen molar-refractivity contribution in [2.45, 2.75) is 25.8 Å². The number of halogens is 1. The van der Waals surface area contributed by atoms with Crippen LogP contribution in [0.15, 0.2) is 42.6 Å². The predicted octanol–water partition coefficient (Wildman–Crippen LogP) is 3.60. The van der Waals surface area contributed by atoms with Gasteiger partial charge in [-0.05, 0) is 11.2 Å². The predicted molar refractivity (Wildman–Crippen MR) is 67.6 cm³/mol. The van der Waals surface area contributed by atoms with Gasteiger partial charge in [-0.1, -0.05) is 55.8 Å². The molecule has 1 unspecified atom stereocenters. The van der Waals surface area contributed by atoms with Crippen LogP contribution in [0.25, 0.3) is 0 Å². The first-order valence-corrected chi connectivity index (χ1v) is 8.40. The van der Waals surface area contributed by atoms with Gasteiger partial charge in [-0.3, -0.25) is 0 Å². The molecule has 76 valence electrons. The number of hydrogen-bond donors (Lipinski definition) is 0. The van der Waals surface area contributed by atoms with Crippen molar-refractivity contribution in [1.29, 1.82) is 0 Å². The summed E-state index contributed by atoms with van der Waals surface area (Å²) in [4.78, 5) is 0. The Morgan fingerprint density at radius 3 is 2.50 bits per heavy atom. The van der Waals surface area contributed by atoms with Crippen molar-refractivity contribution < 1.29 is 0 Å². The molecule has 1 rings (SSSR count). The van der Waals surface area contributed by atoms with Crippen LogP contribution in [0.2, 0.25) is 6.04 Å². The lowest BCUT2D eigenvalue weighted by Gasteiger charge is -2.20. The molecule has 0 aliphatic rings. The Morgan fingerprint density at radius 2 is 2.00 bits per heavy atom. The van der Waals surface area contributed by atoms with Crippen molar-refractivity contribution in [1.82, 2.24) is 0 Å². The van der Waals surface area contributed by atoms with Gasteiger partial charge in [-0.15, -0.1) is 6.58 Å². The molecule has 1 atom stereocenters. The van der Waals surface area contributed by atoms with Gasteiger partial charge >= 0.3 is 0 Å². The zero-order valence-corrected chi connectivity index (χ0v) is 10.4. The Hall–Kier alpha value is -0.533. The van der Waals surface area contributed by atoms with E-state index in [9.17, 15) is 0 Å². The molecule has 14 heavy (non-hydrogen) atoms. The quantitative estimate of drug-likeness (QED) is 0.530. The Kier molecular flexibility index (Phi) is 4.43. The van der Waals surface area contributed by atoms with Crippen LogP contribution < -0.4 is 5.19 Å². The fraction of sp³-hybridized carbons (Fsp3) is 0.333. The van der Waals surface area contributed by atoms with Gasteiger partial charge in [0.05, 0.1) is 0 Å². The smallest absolute Gasteiger partial charge is 0.155 e. The highest BCUT2D eigenvalue weighted by atomic mass is 35.6. The van der Waals surface area contributed by atoms with Crippen molar-refractivity contribution in [3.05, 3.63) is 42.6 Å². The zero-order valence-electron chi connectivity index (χ0n) is 8.67. The third kappa shape index (κ3) is 2.73. The summed E-state index contributed by atoms with van der Waals surface area (Å²) in [5, 5.41) is 1.28. The molecule has 0 N–H and O–H groups in total. The molecule has 0 aromatic heterocycles. The second-order valence-electron chi connectivity index (χ2n) is 3.54. The van der Waals surface area contributed by atoms with Crippen molar-refractivity contribution in [2.75, 3.05) is 0 Å². The maximum Gasteiger partial charge on any atom is 0.209 e. The second kappa shape index (κ2) is 5.37. The summed E-state index contributed by atoms with van der Waals surface area (Å²) in [6.07, 6.45) is 2.39. The fourth-order valence-electron chi connectivity index (χ4n) is 1.51. The average Bonchev–Trinajstić information content (AvgIpc) is 2.27. The summed E-state index contributed by atoms with van der Waals surface area (Å²) in [6, 6.07) is 11.5. The highest BCUT2D eigenvalue weighted by Gasteiger charge is 2.28. The summed E-state index contributed by atoms with van der Waals surface area (Å²) in [5.41, 5.74) is 1.99. The third-order valence-corrected chi connectivity index (χ3v) is 7.18.